The van der Waals surface area contributed by atoms with Gasteiger partial charge in [0, 0.05) is 110 Å². The van der Waals surface area contributed by atoms with E-state index in [1.165, 1.54) is 75.1 Å². The molecule has 0 aliphatic carbocycles. The minimum Gasteiger partial charge on any atom is -0.480 e. The van der Waals surface area contributed by atoms with Crippen molar-refractivity contribution in [1.82, 2.24) is 124 Å². The van der Waals surface area contributed by atoms with E-state index in [0.717, 1.165) is 0 Å². The Bertz CT molecular complexity index is 3380. The average molecular weight is 1300 g/mol. The van der Waals surface area contributed by atoms with E-state index in [4.69, 9.17) is 5.73 Å². The zero-order chi connectivity index (χ0) is 66.4. The van der Waals surface area contributed by atoms with Crippen LogP contribution >= 0.6 is 12.6 Å². The number of carboxylic acids is 1. The summed E-state index contributed by atoms with van der Waals surface area (Å²) in [5, 5.41) is 39.1. The van der Waals surface area contributed by atoms with Crippen LogP contribution in [0.2, 0.25) is 0 Å². The summed E-state index contributed by atoms with van der Waals surface area (Å²) in [6, 6.07) is -9.81. The van der Waals surface area contributed by atoms with Crippen LogP contribution in [-0.2, 0) is 101 Å². The van der Waals surface area contributed by atoms with Crippen LogP contribution in [0.15, 0.2) is 75.1 Å². The largest absolute Gasteiger partial charge is 0.480 e. The topological polar surface area (TPSA) is 585 Å². The molecule has 492 valence electrons. The molecule has 0 radical (unpaired) electrons. The van der Waals surface area contributed by atoms with Crippen LogP contribution in [-0.4, -0.2) is 229 Å². The Morgan fingerprint density at radius 3 is 0.815 bits per heavy atom. The number of nitrogens with zero attached hydrogens (tertiary/aromatic N) is 6. The molecule has 6 aromatic heterocycles. The molecule has 0 bridgehead atoms. The van der Waals surface area contributed by atoms with Crippen LogP contribution in [0.5, 0.6) is 0 Å². The van der Waals surface area contributed by atoms with Crippen LogP contribution in [0, 0.1) is 0 Å². The van der Waals surface area contributed by atoms with Gasteiger partial charge in [0.25, 0.3) is 0 Å². The molecular weight excluding hydrogens is 1230 g/mol. The third kappa shape index (κ3) is 24.3. The molecule has 7 atom stereocenters. The monoisotopic (exact) mass is 1300 g/mol. The molecule has 6 heterocycles. The number of H-pyrrole nitrogens is 6. The lowest BCUT2D eigenvalue weighted by molar-refractivity contribution is -0.142. The number of hydrogen-bond acceptors (Lipinski definition) is 21. The van der Waals surface area contributed by atoms with Gasteiger partial charge in [0.05, 0.1) is 83.3 Å². The molecule has 0 aliphatic rings. The first-order valence-corrected chi connectivity index (χ1v) is 28.7. The predicted molar refractivity (Wildman–Crippen MR) is 317 cm³/mol. The van der Waals surface area contributed by atoms with Gasteiger partial charge in [-0.2, -0.15) is 12.6 Å². The number of hydrogen-bond donors (Lipinski definition) is 21. The van der Waals surface area contributed by atoms with Gasteiger partial charge in [-0.05, 0) is 12.2 Å². The van der Waals surface area contributed by atoms with E-state index in [2.05, 4.69) is 136 Å². The average Bonchev–Trinajstić information content (AvgIpc) is 1.51. The number of amides is 12. The highest BCUT2D eigenvalue weighted by Crippen LogP contribution is 2.10. The number of carboxylic acid groups (broad SMARTS) is 1. The first-order chi connectivity index (χ1) is 44.2. The number of imidazole rings is 6. The van der Waals surface area contributed by atoms with Crippen molar-refractivity contribution in [2.75, 3.05) is 45.0 Å². The number of carbonyl (C=O) groups is 13. The van der Waals surface area contributed by atoms with E-state index >= 15 is 0 Å². The second kappa shape index (κ2) is 36.2. The molecule has 21 N–H and O–H groups in total. The molecule has 6 aromatic rings. The molecule has 40 heteroatoms. The summed E-state index contributed by atoms with van der Waals surface area (Å²) in [5.74, 6) is -11.1. The fourth-order valence-electron chi connectivity index (χ4n) is 8.33. The van der Waals surface area contributed by atoms with E-state index in [1.807, 2.05) is 0 Å². The lowest BCUT2D eigenvalue weighted by Crippen LogP contribution is -2.61. The number of nitrogens with two attached hydrogens (primary N) is 1. The molecule has 6 rings (SSSR count). The van der Waals surface area contributed by atoms with Crippen LogP contribution in [0.4, 0.5) is 0 Å². The van der Waals surface area contributed by atoms with Crippen molar-refractivity contribution in [3.63, 3.8) is 0 Å². The van der Waals surface area contributed by atoms with Crippen molar-refractivity contribution in [3.8, 4) is 0 Å². The van der Waals surface area contributed by atoms with Gasteiger partial charge >= 0.3 is 5.97 Å². The van der Waals surface area contributed by atoms with Crippen LogP contribution in [0.3, 0.4) is 0 Å². The van der Waals surface area contributed by atoms with Gasteiger partial charge in [0.15, 0.2) is 0 Å². The summed E-state index contributed by atoms with van der Waals surface area (Å²) in [4.78, 5) is 212. The number of aromatic amines is 6. The third-order valence-corrected chi connectivity index (χ3v) is 13.4. The molecular formula is C52H69N25O14S. The first kappa shape index (κ1) is 69.8. The Morgan fingerprint density at radius 1 is 0.348 bits per heavy atom. The van der Waals surface area contributed by atoms with Crippen molar-refractivity contribution < 1.29 is 67.4 Å². The minimum atomic E-state index is -1.53. The lowest BCUT2D eigenvalue weighted by atomic mass is 10.0. The number of carbonyl (C=O) groups excluding carboxylic acids is 12. The zero-order valence-corrected chi connectivity index (χ0v) is 49.7. The second-order valence-corrected chi connectivity index (χ2v) is 20.6. The second-order valence-electron chi connectivity index (χ2n) is 20.2. The Morgan fingerprint density at radius 2 is 0.576 bits per heavy atom. The van der Waals surface area contributed by atoms with E-state index in [-0.39, 0.29) is 44.9 Å². The number of rotatable bonds is 39. The van der Waals surface area contributed by atoms with Gasteiger partial charge in [0.2, 0.25) is 70.9 Å². The highest BCUT2D eigenvalue weighted by Gasteiger charge is 2.35. The summed E-state index contributed by atoms with van der Waals surface area (Å²) < 4.78 is 0. The SMILES string of the molecule is N[C@@H](CCS)C(=O)NCC(=O)NCC(=O)NCC(=O)NCC(=O)NCC(=O)NCC(=O)N[C@@H](Cc1cnc[nH]1)C(=O)N[C@@H](Cc1cnc[nH]1)C(=O)N[C@@H](Cc1cnc[nH]1)C(=O)N[C@@H](Cc1cnc[nH]1)C(=O)N[C@@H](Cc1cnc[nH]1)C(=O)N[C@@H](Cc1cnc[nH]1)C(=O)O. The molecule has 0 unspecified atom stereocenters. The molecule has 0 aliphatic heterocycles. The predicted octanol–water partition coefficient (Wildman–Crippen LogP) is -8.88. The maximum atomic E-state index is 14.6. The van der Waals surface area contributed by atoms with Gasteiger partial charge in [-0.25, -0.2) is 34.7 Å². The number of thiol groups is 1. The Kier molecular flexibility index (Phi) is 27.5. The quantitative estimate of drug-likeness (QED) is 0.0159. The normalized spacial score (nSPS) is 13.2. The standard InChI is InChI=1S/C52H69N25O14S/c53-33(1-2-92)46(84)65-19-44(82)63-17-42(80)61-15-40(78)60-16-41(79)62-18-43(81)64-20-45(83)72-34(3-27-9-54-21-66-27)47(85)73-35(4-28-10-55-22-67-28)48(86)74-36(5-29-11-56-23-68-29)49(87)75-37(6-30-12-57-24-69-30)50(88)76-38(7-31-13-58-25-70-31)51(89)77-39(52(90)91)8-32-14-59-26-71-32/h9-14,21-26,33-39,92H,1-8,15-20,53H2,(H,54,66)(H,55,67)(H,56,68)(H,57,69)(H,58,70)(H,59,71)(H,60,78)(H,61,80)(H,62,79)(H,63,82)(H,64,81)(H,65,84)(H,72,83)(H,73,85)(H,74,86)(H,75,87)(H,76,88)(H,77,89)(H,90,91)/t33-,34-,35-,36-,37-,38-,39-/m0/s1. The number of aliphatic carboxylic acids is 1. The Hall–Kier alpha value is -11.3. The number of nitrogens with one attached hydrogen (secondary N) is 18. The van der Waals surface area contributed by atoms with Crippen LogP contribution in [0.1, 0.15) is 40.6 Å². The maximum Gasteiger partial charge on any atom is 0.326 e. The summed E-state index contributed by atoms with van der Waals surface area (Å²) in [6.45, 7) is -3.61. The molecule has 0 saturated heterocycles. The molecule has 0 saturated carbocycles. The Balaban J connectivity index is 1.06. The van der Waals surface area contributed by atoms with Crippen LogP contribution in [0.25, 0.3) is 0 Å². The summed E-state index contributed by atoms with van der Waals surface area (Å²) in [6.07, 6.45) is 15.1. The molecule has 0 fully saturated rings. The minimum absolute atomic E-state index is 0.187. The van der Waals surface area contributed by atoms with Crippen molar-refractivity contribution in [3.05, 3.63) is 109 Å². The maximum absolute atomic E-state index is 14.6. The van der Waals surface area contributed by atoms with E-state index in [0.29, 0.717) is 39.9 Å². The fraction of sp³-hybridized carbons (Fsp3) is 0.404. The highest BCUT2D eigenvalue weighted by molar-refractivity contribution is 7.80. The highest BCUT2D eigenvalue weighted by atomic mass is 32.1. The van der Waals surface area contributed by atoms with Crippen molar-refractivity contribution >= 4 is 89.5 Å². The van der Waals surface area contributed by atoms with Crippen molar-refractivity contribution in [1.29, 1.82) is 0 Å². The summed E-state index contributed by atoms with van der Waals surface area (Å²) >= 11 is 3.99. The van der Waals surface area contributed by atoms with Crippen LogP contribution < -0.4 is 69.5 Å². The molecule has 0 aromatic carbocycles. The van der Waals surface area contributed by atoms with E-state index in [9.17, 15) is 67.4 Å². The smallest absolute Gasteiger partial charge is 0.326 e. The zero-order valence-electron chi connectivity index (χ0n) is 48.8. The summed E-state index contributed by atoms with van der Waals surface area (Å²) in [5.41, 5.74) is 7.79. The van der Waals surface area contributed by atoms with Gasteiger partial charge in [-0.3, -0.25) is 57.5 Å². The number of aromatic nitrogens is 12. The first-order valence-electron chi connectivity index (χ1n) is 28.1. The van der Waals surface area contributed by atoms with Gasteiger partial charge in [-0.15, -0.1) is 0 Å². The van der Waals surface area contributed by atoms with Gasteiger partial charge < -0.3 is 105 Å². The summed E-state index contributed by atoms with van der Waals surface area (Å²) in [7, 11) is 0. The van der Waals surface area contributed by atoms with E-state index in [1.54, 1.807) is 0 Å². The van der Waals surface area contributed by atoms with Gasteiger partial charge in [0.1, 0.15) is 36.3 Å². The molecule has 92 heavy (non-hydrogen) atoms. The molecule has 12 amide bonds. The molecule has 0 spiro atoms. The van der Waals surface area contributed by atoms with E-state index < -0.39 is 158 Å². The van der Waals surface area contributed by atoms with Crippen molar-refractivity contribution in [2.45, 2.75) is 87.2 Å². The van der Waals surface area contributed by atoms with Gasteiger partial charge in [-0.1, -0.05) is 0 Å². The molecule has 39 nitrogen and oxygen atoms in total. The Labute approximate surface area is 526 Å². The fourth-order valence-corrected chi connectivity index (χ4v) is 8.60. The lowest BCUT2D eigenvalue weighted by Gasteiger charge is -2.27. The van der Waals surface area contributed by atoms with Crippen molar-refractivity contribution in [2.24, 2.45) is 5.73 Å². The third-order valence-electron chi connectivity index (χ3n) is 13.1.